The summed E-state index contributed by atoms with van der Waals surface area (Å²) < 4.78 is 0. The molecule has 0 saturated carbocycles. The van der Waals surface area contributed by atoms with E-state index in [2.05, 4.69) is 26.7 Å². The van der Waals surface area contributed by atoms with Gasteiger partial charge in [0, 0.05) is 66.8 Å². The Bertz CT molecular complexity index is 345. The molecule has 0 bridgehead atoms. The van der Waals surface area contributed by atoms with Gasteiger partial charge in [0.05, 0.1) is 0 Å². The first-order valence-corrected chi connectivity index (χ1v) is 7.07. The number of nitrogens with zero attached hydrogens (tertiary/aromatic N) is 4. The van der Waals surface area contributed by atoms with Crippen LogP contribution in [0.15, 0.2) is 17.6 Å². The highest BCUT2D eigenvalue weighted by atomic mass is 16.2. The Hall–Kier alpha value is -1.56. The van der Waals surface area contributed by atoms with E-state index in [1.807, 2.05) is 6.08 Å². The molecule has 1 N–H and O–H groups in total. The molecule has 6 heteroatoms. The number of hydrogen-bond acceptors (Lipinski definition) is 3. The van der Waals surface area contributed by atoms with Gasteiger partial charge in [-0.25, -0.2) is 0 Å². The second-order valence-corrected chi connectivity index (χ2v) is 5.08. The van der Waals surface area contributed by atoms with Crippen molar-refractivity contribution in [1.29, 1.82) is 0 Å². The minimum atomic E-state index is 0.191. The highest BCUT2D eigenvalue weighted by Gasteiger charge is 2.19. The molecule has 114 valence electrons. The zero-order chi connectivity index (χ0) is 15.0. The van der Waals surface area contributed by atoms with Gasteiger partial charge in [0.1, 0.15) is 0 Å². The molecule has 0 atom stereocenters. The standard InChI is InChI=1S/C14H27N5O/c1-5-7-16-14(15-2)19-11-9-18(10-12-19)8-6-13(20)17(3)4/h5H,1,6-12H2,2-4H3,(H,15,16). The third-order valence-corrected chi connectivity index (χ3v) is 3.43. The summed E-state index contributed by atoms with van der Waals surface area (Å²) >= 11 is 0. The molecule has 0 aromatic carbocycles. The molecule has 1 aliphatic rings. The van der Waals surface area contributed by atoms with E-state index in [1.54, 1.807) is 26.0 Å². The first kappa shape index (κ1) is 16.5. The number of hydrogen-bond donors (Lipinski definition) is 1. The van der Waals surface area contributed by atoms with Crippen LogP contribution in [0, 0.1) is 0 Å². The Morgan fingerprint density at radius 3 is 2.50 bits per heavy atom. The summed E-state index contributed by atoms with van der Waals surface area (Å²) in [5, 5.41) is 3.25. The van der Waals surface area contributed by atoms with Crippen LogP contribution in [-0.4, -0.2) is 87.0 Å². The molecule has 1 aliphatic heterocycles. The lowest BCUT2D eigenvalue weighted by Crippen LogP contribution is -2.52. The van der Waals surface area contributed by atoms with E-state index in [4.69, 9.17) is 0 Å². The molecule has 0 aromatic heterocycles. The van der Waals surface area contributed by atoms with Gasteiger partial charge in [-0.05, 0) is 0 Å². The molecular formula is C14H27N5O. The summed E-state index contributed by atoms with van der Waals surface area (Å²) in [6.07, 6.45) is 2.42. The fourth-order valence-corrected chi connectivity index (χ4v) is 2.16. The third kappa shape index (κ3) is 5.21. The maximum absolute atomic E-state index is 11.6. The minimum absolute atomic E-state index is 0.191. The van der Waals surface area contributed by atoms with Crippen molar-refractivity contribution in [3.05, 3.63) is 12.7 Å². The summed E-state index contributed by atoms with van der Waals surface area (Å²) in [7, 11) is 5.40. The fourth-order valence-electron chi connectivity index (χ4n) is 2.16. The number of guanidine groups is 1. The van der Waals surface area contributed by atoms with Gasteiger partial charge in [0.2, 0.25) is 5.91 Å². The smallest absolute Gasteiger partial charge is 0.223 e. The van der Waals surface area contributed by atoms with Crippen molar-refractivity contribution in [3.8, 4) is 0 Å². The second kappa shape index (κ2) is 8.58. The van der Waals surface area contributed by atoms with Crippen LogP contribution in [0.2, 0.25) is 0 Å². The van der Waals surface area contributed by atoms with Crippen molar-refractivity contribution in [1.82, 2.24) is 20.0 Å². The highest BCUT2D eigenvalue weighted by Crippen LogP contribution is 2.03. The topological polar surface area (TPSA) is 51.2 Å². The molecule has 0 aromatic rings. The lowest BCUT2D eigenvalue weighted by Gasteiger charge is -2.36. The number of piperazine rings is 1. The van der Waals surface area contributed by atoms with Crippen molar-refractivity contribution < 1.29 is 4.79 Å². The summed E-state index contributed by atoms with van der Waals surface area (Å²) in [6, 6.07) is 0. The summed E-state index contributed by atoms with van der Waals surface area (Å²) in [5.41, 5.74) is 0. The zero-order valence-electron chi connectivity index (χ0n) is 12.9. The van der Waals surface area contributed by atoms with Crippen LogP contribution < -0.4 is 5.32 Å². The summed E-state index contributed by atoms with van der Waals surface area (Å²) in [5.74, 6) is 1.12. The molecule has 0 spiro atoms. The quantitative estimate of drug-likeness (QED) is 0.432. The van der Waals surface area contributed by atoms with Crippen molar-refractivity contribution in [2.45, 2.75) is 6.42 Å². The monoisotopic (exact) mass is 281 g/mol. The number of rotatable bonds is 5. The van der Waals surface area contributed by atoms with E-state index in [1.165, 1.54) is 0 Å². The predicted molar refractivity (Wildman–Crippen MR) is 82.9 cm³/mol. The van der Waals surface area contributed by atoms with Crippen LogP contribution in [-0.2, 0) is 4.79 Å². The predicted octanol–water partition coefficient (Wildman–Crippen LogP) is -0.156. The summed E-state index contributed by atoms with van der Waals surface area (Å²) in [6.45, 7) is 9.07. The number of aliphatic imine (C=N–C) groups is 1. The van der Waals surface area contributed by atoms with Gasteiger partial charge >= 0.3 is 0 Å². The Labute approximate surface area is 122 Å². The van der Waals surface area contributed by atoms with Crippen LogP contribution in [0.4, 0.5) is 0 Å². The van der Waals surface area contributed by atoms with E-state index in [0.29, 0.717) is 6.42 Å². The minimum Gasteiger partial charge on any atom is -0.353 e. The van der Waals surface area contributed by atoms with Gasteiger partial charge in [-0.2, -0.15) is 0 Å². The third-order valence-electron chi connectivity index (χ3n) is 3.43. The Morgan fingerprint density at radius 1 is 1.35 bits per heavy atom. The van der Waals surface area contributed by atoms with E-state index in [9.17, 15) is 4.79 Å². The molecule has 1 saturated heterocycles. The van der Waals surface area contributed by atoms with Crippen LogP contribution in [0.5, 0.6) is 0 Å². The molecule has 0 radical (unpaired) electrons. The van der Waals surface area contributed by atoms with Crippen LogP contribution in [0.3, 0.4) is 0 Å². The van der Waals surface area contributed by atoms with E-state index < -0.39 is 0 Å². The first-order valence-electron chi connectivity index (χ1n) is 7.07. The SMILES string of the molecule is C=CCNC(=NC)N1CCN(CCC(=O)N(C)C)CC1. The van der Waals surface area contributed by atoms with Crippen LogP contribution in [0.25, 0.3) is 0 Å². The van der Waals surface area contributed by atoms with Gasteiger partial charge in [-0.15, -0.1) is 6.58 Å². The number of carbonyl (C=O) groups excluding carboxylic acids is 1. The van der Waals surface area contributed by atoms with Gasteiger partial charge in [0.25, 0.3) is 0 Å². The largest absolute Gasteiger partial charge is 0.353 e. The Balaban J connectivity index is 2.32. The number of nitrogens with one attached hydrogen (secondary N) is 1. The fraction of sp³-hybridized carbons (Fsp3) is 0.714. The van der Waals surface area contributed by atoms with Gasteiger partial charge in [-0.1, -0.05) is 6.08 Å². The highest BCUT2D eigenvalue weighted by molar-refractivity contribution is 5.80. The maximum Gasteiger partial charge on any atom is 0.223 e. The van der Waals surface area contributed by atoms with Crippen molar-refractivity contribution >= 4 is 11.9 Å². The average Bonchev–Trinajstić information content (AvgIpc) is 2.46. The van der Waals surface area contributed by atoms with E-state index in [-0.39, 0.29) is 5.91 Å². The molecule has 1 heterocycles. The Morgan fingerprint density at radius 2 is 2.00 bits per heavy atom. The van der Waals surface area contributed by atoms with Gasteiger partial charge < -0.3 is 15.1 Å². The number of amides is 1. The molecule has 1 amide bonds. The molecule has 6 nitrogen and oxygen atoms in total. The molecule has 20 heavy (non-hydrogen) atoms. The van der Waals surface area contributed by atoms with Crippen LogP contribution >= 0.6 is 0 Å². The first-order chi connectivity index (χ1) is 9.58. The van der Waals surface area contributed by atoms with Crippen molar-refractivity contribution in [3.63, 3.8) is 0 Å². The molecule has 1 rings (SSSR count). The lowest BCUT2D eigenvalue weighted by molar-refractivity contribution is -0.129. The molecular weight excluding hydrogens is 254 g/mol. The normalized spacial score (nSPS) is 16.9. The van der Waals surface area contributed by atoms with Gasteiger partial charge in [-0.3, -0.25) is 14.7 Å². The van der Waals surface area contributed by atoms with Gasteiger partial charge in [0.15, 0.2) is 5.96 Å². The van der Waals surface area contributed by atoms with Crippen molar-refractivity contribution in [2.24, 2.45) is 4.99 Å². The van der Waals surface area contributed by atoms with E-state index in [0.717, 1.165) is 45.2 Å². The van der Waals surface area contributed by atoms with E-state index >= 15 is 0 Å². The molecule has 1 fully saturated rings. The Kier molecular flexibility index (Phi) is 7.08. The number of carbonyl (C=O) groups is 1. The molecule has 0 unspecified atom stereocenters. The van der Waals surface area contributed by atoms with Crippen LogP contribution in [0.1, 0.15) is 6.42 Å². The zero-order valence-corrected chi connectivity index (χ0v) is 12.9. The average molecular weight is 281 g/mol. The summed E-state index contributed by atoms with van der Waals surface area (Å²) in [4.78, 5) is 22.1. The van der Waals surface area contributed by atoms with Crippen molar-refractivity contribution in [2.75, 3.05) is 60.4 Å². The lowest BCUT2D eigenvalue weighted by atomic mass is 10.3. The molecule has 0 aliphatic carbocycles. The second-order valence-electron chi connectivity index (χ2n) is 5.08. The maximum atomic E-state index is 11.6.